The molecule has 50 valence electrons. The van der Waals surface area contributed by atoms with Crippen LogP contribution in [0.5, 0.6) is 0 Å². The molecule has 0 aliphatic rings. The summed E-state index contributed by atoms with van der Waals surface area (Å²) in [6, 6.07) is 0. The van der Waals surface area contributed by atoms with Gasteiger partial charge in [-0.05, 0) is 0 Å². The first-order chi connectivity index (χ1) is 3.42. The van der Waals surface area contributed by atoms with E-state index in [-0.39, 0.29) is 0 Å². The number of hydrogen-bond acceptors (Lipinski definition) is 0. The van der Waals surface area contributed by atoms with E-state index in [0.717, 1.165) is 0 Å². The van der Waals surface area contributed by atoms with E-state index in [1.54, 1.807) is 0 Å². The van der Waals surface area contributed by atoms with Crippen LogP contribution in [0.15, 0.2) is 0 Å². The molecule has 0 aliphatic carbocycles. The molecule has 0 amide bonds. The summed E-state index contributed by atoms with van der Waals surface area (Å²) in [7, 11) is 0. The molecule has 0 heterocycles. The second-order valence-electron chi connectivity index (χ2n) is 2.72. The molecule has 0 aromatic heterocycles. The topological polar surface area (TPSA) is 0 Å². The summed E-state index contributed by atoms with van der Waals surface area (Å²) in [6.07, 6.45) is 0. The molecular weight excluding hydrogens is 404 g/mol. The molecule has 0 rings (SSSR count). The van der Waals surface area contributed by atoms with Crippen LogP contribution in [0.25, 0.3) is 0 Å². The van der Waals surface area contributed by atoms with Crippen molar-refractivity contribution >= 4 is 31.0 Å². The van der Waals surface area contributed by atoms with Crippen LogP contribution in [0.3, 0.4) is 0 Å². The van der Waals surface area contributed by atoms with Gasteiger partial charge in [0.05, 0.1) is 0 Å². The van der Waals surface area contributed by atoms with Gasteiger partial charge in [-0.25, -0.2) is 0 Å². The minimum atomic E-state index is -1.25. The van der Waals surface area contributed by atoms with Crippen molar-refractivity contribution in [2.75, 3.05) is 0 Å². The Balaban J connectivity index is 3.89. The summed E-state index contributed by atoms with van der Waals surface area (Å²) in [6.45, 7) is 6.65. The molecule has 0 aromatic carbocycles. The zero-order valence-electron chi connectivity index (χ0n) is 5.24. The van der Waals surface area contributed by atoms with E-state index in [4.69, 9.17) is 0 Å². The molecule has 0 spiro atoms. The van der Waals surface area contributed by atoms with Crippen LogP contribution in [-0.4, -0.2) is 4.40 Å². The van der Waals surface area contributed by atoms with E-state index < -0.39 is 12.7 Å². The third kappa shape index (κ3) is 7.52. The molecule has 3 heteroatoms. The summed E-state index contributed by atoms with van der Waals surface area (Å²) in [5.41, 5.74) is 0.390. The zero-order chi connectivity index (χ0) is 6.78. The molecule has 0 unspecified atom stereocenters. The maximum atomic E-state index is 3.57. The Morgan fingerprint density at radius 3 is 1.62 bits per heavy atom. The average molecular weight is 414 g/mol. The van der Waals surface area contributed by atoms with Gasteiger partial charge >= 0.3 is 69.9 Å². The van der Waals surface area contributed by atoms with E-state index in [1.165, 1.54) is 0 Å². The molecule has 0 saturated carbocycles. The van der Waals surface area contributed by atoms with E-state index in [2.05, 4.69) is 51.8 Å². The fraction of sp³-hybridized carbons (Fsp3) is 0.800. The van der Waals surface area contributed by atoms with E-state index >= 15 is 0 Å². The standard InChI is InChI=1S/C5H10.2BrH.W/c1-5(2,3)4;;;/h1H,2-4H3;2*1H;/q;;;+2/p-2. The third-order valence-corrected chi connectivity index (χ3v) is 6.68. The van der Waals surface area contributed by atoms with Crippen molar-refractivity contribution in [3.8, 4) is 0 Å². The van der Waals surface area contributed by atoms with Gasteiger partial charge in [0.25, 0.3) is 0 Å². The van der Waals surface area contributed by atoms with Crippen LogP contribution in [0.1, 0.15) is 20.8 Å². The molecule has 8 heavy (non-hydrogen) atoms. The first-order valence-corrected chi connectivity index (χ1v) is 16.8. The van der Waals surface area contributed by atoms with Crippen LogP contribution in [-0.2, 0) is 12.7 Å². The quantitative estimate of drug-likeness (QED) is 0.572. The molecule has 0 atom stereocenters. The van der Waals surface area contributed by atoms with Crippen molar-refractivity contribution < 1.29 is 12.7 Å². The Bertz CT molecular complexity index is 97.5. The molecular formula is C5H10Br2W. The van der Waals surface area contributed by atoms with Crippen molar-refractivity contribution in [2.45, 2.75) is 20.8 Å². The predicted octanol–water partition coefficient (Wildman–Crippen LogP) is 3.07. The molecule has 0 bridgehead atoms. The van der Waals surface area contributed by atoms with Crippen molar-refractivity contribution in [2.24, 2.45) is 5.41 Å². The van der Waals surface area contributed by atoms with Crippen LogP contribution in [0.2, 0.25) is 0 Å². The van der Waals surface area contributed by atoms with Crippen molar-refractivity contribution in [1.29, 1.82) is 0 Å². The molecule has 0 nitrogen and oxygen atoms in total. The van der Waals surface area contributed by atoms with Gasteiger partial charge in [0.2, 0.25) is 0 Å². The number of halogens is 2. The summed E-state index contributed by atoms with van der Waals surface area (Å²) < 4.78 is 2.38. The Morgan fingerprint density at radius 1 is 1.25 bits per heavy atom. The number of hydrogen-bond donors (Lipinski definition) is 0. The summed E-state index contributed by atoms with van der Waals surface area (Å²) in [5.74, 6) is 0. The van der Waals surface area contributed by atoms with E-state index in [1.807, 2.05) is 0 Å². The molecule has 0 radical (unpaired) electrons. The average Bonchev–Trinajstić information content (AvgIpc) is 1.21. The Kier molecular flexibility index (Phi) is 4.32. The normalized spacial score (nSPS) is 12.2. The fourth-order valence-electron chi connectivity index (χ4n) is 0.267. The molecule has 0 saturated heterocycles. The van der Waals surface area contributed by atoms with Crippen LogP contribution in [0, 0.1) is 5.41 Å². The van der Waals surface area contributed by atoms with Gasteiger partial charge in [0.15, 0.2) is 0 Å². The third-order valence-electron chi connectivity index (χ3n) is 0.443. The zero-order valence-corrected chi connectivity index (χ0v) is 11.3. The van der Waals surface area contributed by atoms with E-state index in [9.17, 15) is 0 Å². The van der Waals surface area contributed by atoms with Gasteiger partial charge in [-0.2, -0.15) is 0 Å². The van der Waals surface area contributed by atoms with Crippen LogP contribution in [0.4, 0.5) is 0 Å². The minimum absolute atomic E-state index is 0.390. The summed E-state index contributed by atoms with van der Waals surface area (Å²) in [4.78, 5) is 0. The van der Waals surface area contributed by atoms with Crippen molar-refractivity contribution in [1.82, 2.24) is 0 Å². The molecule has 0 fully saturated rings. The van der Waals surface area contributed by atoms with Crippen molar-refractivity contribution in [3.63, 3.8) is 0 Å². The predicted molar refractivity (Wildman–Crippen MR) is 43.4 cm³/mol. The van der Waals surface area contributed by atoms with Gasteiger partial charge in [0, 0.05) is 0 Å². The summed E-state index contributed by atoms with van der Waals surface area (Å²) >= 11 is 5.88. The summed E-state index contributed by atoms with van der Waals surface area (Å²) in [5, 5.41) is 0. The fourth-order valence-corrected chi connectivity index (χ4v) is 11.4. The van der Waals surface area contributed by atoms with Gasteiger partial charge in [-0.3, -0.25) is 0 Å². The van der Waals surface area contributed by atoms with Crippen LogP contribution < -0.4 is 0 Å². The Hall–Kier alpha value is 1.52. The molecule has 0 aliphatic heterocycles. The van der Waals surface area contributed by atoms with E-state index in [0.29, 0.717) is 5.41 Å². The maximum absolute atomic E-state index is 3.57. The second kappa shape index (κ2) is 3.63. The molecule has 0 aromatic rings. The van der Waals surface area contributed by atoms with Gasteiger partial charge < -0.3 is 0 Å². The Labute approximate surface area is 69.4 Å². The first-order valence-electron chi connectivity index (χ1n) is 2.33. The van der Waals surface area contributed by atoms with Crippen molar-refractivity contribution in [3.05, 3.63) is 0 Å². The van der Waals surface area contributed by atoms with Gasteiger partial charge in [-0.1, -0.05) is 0 Å². The molecule has 0 N–H and O–H groups in total. The first kappa shape index (κ1) is 9.52. The number of rotatable bonds is 0. The van der Waals surface area contributed by atoms with Gasteiger partial charge in [-0.15, -0.1) is 0 Å². The SMILES string of the molecule is CC(C)(C)[CH]=[W]([Br])[Br]. The Morgan fingerprint density at radius 2 is 1.62 bits per heavy atom. The monoisotopic (exact) mass is 412 g/mol. The second-order valence-corrected chi connectivity index (χ2v) is 23.8. The van der Waals surface area contributed by atoms with Gasteiger partial charge in [0.1, 0.15) is 0 Å². The van der Waals surface area contributed by atoms with Crippen LogP contribution >= 0.6 is 26.6 Å².